The first-order valence-electron chi connectivity index (χ1n) is 6.88. The van der Waals surface area contributed by atoms with Crippen molar-refractivity contribution in [2.75, 3.05) is 31.7 Å². The van der Waals surface area contributed by atoms with Gasteiger partial charge < -0.3 is 14.7 Å². The third-order valence-corrected chi connectivity index (χ3v) is 3.04. The van der Waals surface area contributed by atoms with Crippen LogP contribution in [0.1, 0.15) is 5.56 Å². The lowest BCUT2D eigenvalue weighted by atomic mass is 10.2. The molecule has 21 heavy (non-hydrogen) atoms. The number of ether oxygens (including phenoxy) is 1. The third kappa shape index (κ3) is 4.87. The van der Waals surface area contributed by atoms with Crippen LogP contribution in [-0.2, 0) is 0 Å². The van der Waals surface area contributed by atoms with Gasteiger partial charge in [-0.15, -0.1) is 0 Å². The monoisotopic (exact) mass is 281 g/mol. The molecule has 0 amide bonds. The number of aliphatic hydroxyl groups excluding tert-OH is 1. The zero-order valence-electron chi connectivity index (χ0n) is 12.1. The second-order valence-corrected chi connectivity index (χ2v) is 4.59. The van der Waals surface area contributed by atoms with Crippen molar-refractivity contribution < 1.29 is 9.84 Å². The zero-order chi connectivity index (χ0) is 14.9. The molecule has 2 rings (SSSR count). The van der Waals surface area contributed by atoms with E-state index in [9.17, 15) is 0 Å². The smallest absolute Gasteiger partial charge is 0.120 e. The van der Waals surface area contributed by atoms with Gasteiger partial charge in [0.15, 0.2) is 0 Å². The largest absolute Gasteiger partial charge is 0.492 e. The van der Waals surface area contributed by atoms with Crippen LogP contribution in [-0.4, -0.2) is 31.9 Å². The van der Waals surface area contributed by atoms with Crippen molar-refractivity contribution >= 4 is 5.69 Å². The highest BCUT2D eigenvalue weighted by Crippen LogP contribution is 2.14. The second kappa shape index (κ2) is 7.98. The van der Waals surface area contributed by atoms with Crippen LogP contribution in [0.5, 0.6) is 5.75 Å². The Hall–Kier alpha value is -2.44. The van der Waals surface area contributed by atoms with Crippen molar-refractivity contribution in [2.24, 2.45) is 0 Å². The van der Waals surface area contributed by atoms with Crippen LogP contribution in [0.4, 0.5) is 5.69 Å². The Kier molecular flexibility index (Phi) is 5.69. The Bertz CT molecular complexity index is 614. The summed E-state index contributed by atoms with van der Waals surface area (Å²) < 4.78 is 5.75. The van der Waals surface area contributed by atoms with Gasteiger partial charge >= 0.3 is 0 Å². The summed E-state index contributed by atoms with van der Waals surface area (Å²) in [6, 6.07) is 17.8. The number of anilines is 1. The number of aliphatic hydroxyl groups is 1. The highest BCUT2D eigenvalue weighted by Gasteiger charge is 2.00. The van der Waals surface area contributed by atoms with Crippen LogP contribution in [0, 0.1) is 11.8 Å². The number of rotatable bonds is 5. The zero-order valence-corrected chi connectivity index (χ0v) is 12.1. The number of benzene rings is 2. The highest BCUT2D eigenvalue weighted by atomic mass is 16.5. The molecule has 0 radical (unpaired) electrons. The molecule has 0 saturated carbocycles. The Morgan fingerprint density at radius 2 is 1.90 bits per heavy atom. The van der Waals surface area contributed by atoms with E-state index in [1.165, 1.54) is 5.69 Å². The average Bonchev–Trinajstić information content (AvgIpc) is 2.54. The van der Waals surface area contributed by atoms with Gasteiger partial charge in [-0.1, -0.05) is 36.1 Å². The predicted octanol–water partition coefficient (Wildman–Crippen LogP) is 2.55. The molecule has 3 nitrogen and oxygen atoms in total. The number of hydrogen-bond acceptors (Lipinski definition) is 3. The first-order chi connectivity index (χ1) is 10.3. The van der Waals surface area contributed by atoms with Crippen molar-refractivity contribution in [1.82, 2.24) is 0 Å². The van der Waals surface area contributed by atoms with E-state index in [0.29, 0.717) is 6.61 Å². The number of nitrogens with zero attached hydrogens (tertiary/aromatic N) is 1. The quantitative estimate of drug-likeness (QED) is 0.855. The molecule has 3 heteroatoms. The molecule has 0 aliphatic carbocycles. The standard InChI is InChI=1S/C18H19NO2/c1-19(17-9-3-2-4-10-17)12-14-21-18-11-5-7-16(15-18)8-6-13-20/h2-5,7,9-11,15,20H,12-14H2,1H3. The Morgan fingerprint density at radius 1 is 1.10 bits per heavy atom. The average molecular weight is 281 g/mol. The molecule has 0 aliphatic heterocycles. The predicted molar refractivity (Wildman–Crippen MR) is 85.6 cm³/mol. The normalized spacial score (nSPS) is 9.62. The van der Waals surface area contributed by atoms with Crippen molar-refractivity contribution in [2.45, 2.75) is 0 Å². The minimum atomic E-state index is -0.132. The van der Waals surface area contributed by atoms with Gasteiger partial charge in [-0.3, -0.25) is 0 Å². The van der Waals surface area contributed by atoms with E-state index in [2.05, 4.69) is 28.9 Å². The molecule has 0 fully saturated rings. The number of para-hydroxylation sites is 1. The summed E-state index contributed by atoms with van der Waals surface area (Å²) >= 11 is 0. The molecule has 0 spiro atoms. The van der Waals surface area contributed by atoms with Gasteiger partial charge in [0.2, 0.25) is 0 Å². The highest BCUT2D eigenvalue weighted by molar-refractivity contribution is 5.45. The minimum Gasteiger partial charge on any atom is -0.492 e. The van der Waals surface area contributed by atoms with E-state index in [4.69, 9.17) is 9.84 Å². The van der Waals surface area contributed by atoms with Gasteiger partial charge in [-0.05, 0) is 30.3 Å². The Morgan fingerprint density at radius 3 is 2.67 bits per heavy atom. The van der Waals surface area contributed by atoms with Gasteiger partial charge in [-0.25, -0.2) is 0 Å². The van der Waals surface area contributed by atoms with E-state index in [1.54, 1.807) is 0 Å². The maximum atomic E-state index is 8.70. The second-order valence-electron chi connectivity index (χ2n) is 4.59. The summed E-state index contributed by atoms with van der Waals surface area (Å²) in [6.07, 6.45) is 0. The fourth-order valence-electron chi connectivity index (χ4n) is 1.92. The van der Waals surface area contributed by atoms with Crippen molar-refractivity contribution in [3.8, 4) is 17.6 Å². The van der Waals surface area contributed by atoms with E-state index >= 15 is 0 Å². The molecule has 0 aliphatic rings. The van der Waals surface area contributed by atoms with Gasteiger partial charge in [0.1, 0.15) is 19.0 Å². The molecule has 0 aromatic heterocycles. The SMILES string of the molecule is CN(CCOc1cccc(C#CCO)c1)c1ccccc1. The molecule has 0 saturated heterocycles. The Labute approximate surface area is 125 Å². The van der Waals surface area contributed by atoms with E-state index in [0.717, 1.165) is 17.9 Å². The lowest BCUT2D eigenvalue weighted by molar-refractivity contribution is 0.326. The molecular weight excluding hydrogens is 262 g/mol. The first kappa shape index (κ1) is 15.0. The molecule has 0 atom stereocenters. The molecule has 0 bridgehead atoms. The molecule has 2 aromatic carbocycles. The molecule has 0 unspecified atom stereocenters. The van der Waals surface area contributed by atoms with Crippen LogP contribution in [0.15, 0.2) is 54.6 Å². The number of likely N-dealkylation sites (N-methyl/N-ethyl adjacent to an activating group) is 1. The lowest BCUT2D eigenvalue weighted by Gasteiger charge is -2.19. The minimum absolute atomic E-state index is 0.132. The topological polar surface area (TPSA) is 32.7 Å². The van der Waals surface area contributed by atoms with Crippen molar-refractivity contribution in [3.63, 3.8) is 0 Å². The summed E-state index contributed by atoms with van der Waals surface area (Å²) in [5.41, 5.74) is 2.02. The van der Waals surface area contributed by atoms with Crippen LogP contribution in [0.3, 0.4) is 0 Å². The van der Waals surface area contributed by atoms with Crippen molar-refractivity contribution in [1.29, 1.82) is 0 Å². The fraction of sp³-hybridized carbons (Fsp3) is 0.222. The summed E-state index contributed by atoms with van der Waals surface area (Å²) in [5.74, 6) is 6.29. The van der Waals surface area contributed by atoms with Gasteiger partial charge in [0.25, 0.3) is 0 Å². The van der Waals surface area contributed by atoms with E-state index < -0.39 is 0 Å². The molecular formula is C18H19NO2. The third-order valence-electron chi connectivity index (χ3n) is 3.04. The van der Waals surface area contributed by atoms with Crippen LogP contribution >= 0.6 is 0 Å². The van der Waals surface area contributed by atoms with Gasteiger partial charge in [0.05, 0.1) is 6.54 Å². The van der Waals surface area contributed by atoms with Gasteiger partial charge in [-0.2, -0.15) is 0 Å². The molecule has 2 aromatic rings. The molecule has 0 heterocycles. The van der Waals surface area contributed by atoms with Gasteiger partial charge in [0, 0.05) is 18.3 Å². The lowest BCUT2D eigenvalue weighted by Crippen LogP contribution is -2.23. The maximum absolute atomic E-state index is 8.70. The van der Waals surface area contributed by atoms with Crippen molar-refractivity contribution in [3.05, 3.63) is 60.2 Å². The van der Waals surface area contributed by atoms with Crippen LogP contribution < -0.4 is 9.64 Å². The fourth-order valence-corrected chi connectivity index (χ4v) is 1.92. The molecule has 1 N–H and O–H groups in total. The maximum Gasteiger partial charge on any atom is 0.120 e. The van der Waals surface area contributed by atoms with Crippen LogP contribution in [0.2, 0.25) is 0 Å². The van der Waals surface area contributed by atoms with Crippen LogP contribution in [0.25, 0.3) is 0 Å². The van der Waals surface area contributed by atoms with E-state index in [-0.39, 0.29) is 6.61 Å². The summed E-state index contributed by atoms with van der Waals surface area (Å²) in [5, 5.41) is 8.70. The summed E-state index contributed by atoms with van der Waals surface area (Å²) in [4.78, 5) is 2.15. The first-order valence-corrected chi connectivity index (χ1v) is 6.88. The Balaban J connectivity index is 1.86. The summed E-state index contributed by atoms with van der Waals surface area (Å²) in [6.45, 7) is 1.27. The molecule has 108 valence electrons. The van der Waals surface area contributed by atoms with E-state index in [1.807, 2.05) is 49.5 Å². The number of hydrogen-bond donors (Lipinski definition) is 1. The summed E-state index contributed by atoms with van der Waals surface area (Å²) in [7, 11) is 2.04.